The third-order valence-electron chi connectivity index (χ3n) is 4.04. The van der Waals surface area contributed by atoms with Crippen molar-refractivity contribution in [2.45, 2.75) is 63.3 Å². The van der Waals surface area contributed by atoms with Gasteiger partial charge in [0.1, 0.15) is 36.2 Å². The number of carbonyl (C=O) groups is 2. The molecule has 0 aromatic carbocycles. The fraction of sp³-hybridized carbons (Fsp3) is 0.857. The van der Waals surface area contributed by atoms with E-state index in [0.717, 1.165) is 6.92 Å². The van der Waals surface area contributed by atoms with Crippen LogP contribution in [0, 0.1) is 0 Å². The SMILES string of the molecule is CO[C@@H]1O[C@H](CO)[C@@H](O)[C@H](O[C@H](C)C(=O)N[C@@H](C)P(=O)(O)O)[C@H]1NC(C)=O. The van der Waals surface area contributed by atoms with Crippen LogP contribution in [0.2, 0.25) is 0 Å². The van der Waals surface area contributed by atoms with Crippen molar-refractivity contribution in [1.29, 1.82) is 0 Å². The Morgan fingerprint density at radius 2 is 1.89 bits per heavy atom. The predicted molar refractivity (Wildman–Crippen MR) is 90.4 cm³/mol. The molecule has 0 spiro atoms. The molecule has 2 amide bonds. The molecule has 1 aliphatic rings. The van der Waals surface area contributed by atoms with Gasteiger partial charge in [-0.3, -0.25) is 14.2 Å². The number of amides is 2. The number of hydrogen-bond acceptors (Lipinski definition) is 8. The molecule has 7 atom stereocenters. The number of ether oxygens (including phenoxy) is 3. The van der Waals surface area contributed by atoms with Crippen molar-refractivity contribution in [3.05, 3.63) is 0 Å². The molecule has 12 nitrogen and oxygen atoms in total. The van der Waals surface area contributed by atoms with Gasteiger partial charge in [-0.05, 0) is 13.8 Å². The van der Waals surface area contributed by atoms with E-state index in [-0.39, 0.29) is 0 Å². The highest BCUT2D eigenvalue weighted by Gasteiger charge is 2.47. The second-order valence-electron chi connectivity index (χ2n) is 6.19. The summed E-state index contributed by atoms with van der Waals surface area (Å²) in [5.41, 5.74) is 0. The summed E-state index contributed by atoms with van der Waals surface area (Å²) in [6, 6.07) is -1.00. The van der Waals surface area contributed by atoms with Crippen LogP contribution in [-0.4, -0.2) is 88.1 Å². The lowest BCUT2D eigenvalue weighted by Gasteiger charge is -2.44. The maximum Gasteiger partial charge on any atom is 0.347 e. The normalized spacial score (nSPS) is 31.0. The van der Waals surface area contributed by atoms with Crippen LogP contribution in [0.25, 0.3) is 0 Å². The first-order valence-corrected chi connectivity index (χ1v) is 9.85. The number of methoxy groups -OCH3 is 1. The van der Waals surface area contributed by atoms with Crippen LogP contribution in [0.15, 0.2) is 0 Å². The lowest BCUT2D eigenvalue weighted by Crippen LogP contribution is -2.66. The summed E-state index contributed by atoms with van der Waals surface area (Å²) in [6.07, 6.45) is -6.01. The fourth-order valence-corrected chi connectivity index (χ4v) is 2.82. The van der Waals surface area contributed by atoms with Crippen molar-refractivity contribution in [3.8, 4) is 0 Å². The van der Waals surface area contributed by atoms with E-state index in [4.69, 9.17) is 24.0 Å². The molecule has 1 heterocycles. The Bertz CT molecular complexity index is 570. The Morgan fingerprint density at radius 1 is 1.30 bits per heavy atom. The van der Waals surface area contributed by atoms with Crippen LogP contribution in [0.3, 0.4) is 0 Å². The van der Waals surface area contributed by atoms with Gasteiger partial charge in [0.25, 0.3) is 0 Å². The van der Waals surface area contributed by atoms with E-state index in [1.807, 2.05) is 0 Å². The Hall–Kier alpha value is -1.11. The van der Waals surface area contributed by atoms with E-state index in [1.165, 1.54) is 21.0 Å². The van der Waals surface area contributed by atoms with Gasteiger partial charge in [0.15, 0.2) is 6.29 Å². The number of aliphatic hydroxyl groups excluding tert-OH is 2. The molecule has 27 heavy (non-hydrogen) atoms. The summed E-state index contributed by atoms with van der Waals surface area (Å²) in [4.78, 5) is 41.8. The highest BCUT2D eigenvalue weighted by Crippen LogP contribution is 2.39. The molecule has 158 valence electrons. The molecule has 0 aliphatic carbocycles. The minimum absolute atomic E-state index is 0.471. The molecule has 0 saturated carbocycles. The van der Waals surface area contributed by atoms with E-state index in [1.54, 1.807) is 0 Å². The average molecular weight is 414 g/mol. The van der Waals surface area contributed by atoms with Crippen molar-refractivity contribution in [3.63, 3.8) is 0 Å². The summed E-state index contributed by atoms with van der Waals surface area (Å²) in [6.45, 7) is 3.11. The van der Waals surface area contributed by atoms with Crippen molar-refractivity contribution < 1.29 is 48.4 Å². The molecule has 6 N–H and O–H groups in total. The zero-order chi connectivity index (χ0) is 20.9. The largest absolute Gasteiger partial charge is 0.394 e. The molecule has 0 aromatic rings. The van der Waals surface area contributed by atoms with Crippen molar-refractivity contribution in [1.82, 2.24) is 10.6 Å². The standard InChI is InChI=1S/C14H27N2O10P/c1-6(13(20)16-8(3)27(21,22)23)25-12-10(15-7(2)18)14(24-4)26-9(5-17)11(12)19/h6,8-12,14,17,19H,5H2,1-4H3,(H,15,18)(H,16,20)(H2,21,22,23)/t6-,8-,9-,10-,11-,12-,14-/m1/s1. The molecular weight excluding hydrogens is 387 g/mol. The minimum Gasteiger partial charge on any atom is -0.394 e. The van der Waals surface area contributed by atoms with Gasteiger partial charge in [-0.1, -0.05) is 0 Å². The second kappa shape index (κ2) is 9.89. The number of rotatable bonds is 8. The minimum atomic E-state index is -4.53. The molecule has 1 saturated heterocycles. The van der Waals surface area contributed by atoms with Crippen molar-refractivity contribution >= 4 is 19.4 Å². The number of hydrogen-bond donors (Lipinski definition) is 6. The van der Waals surface area contributed by atoms with E-state index in [2.05, 4.69) is 10.6 Å². The molecular formula is C14H27N2O10P. The van der Waals surface area contributed by atoms with Crippen molar-refractivity contribution in [2.75, 3.05) is 13.7 Å². The van der Waals surface area contributed by atoms with E-state index in [9.17, 15) is 24.4 Å². The van der Waals surface area contributed by atoms with Gasteiger partial charge < -0.3 is 44.8 Å². The quantitative estimate of drug-likeness (QED) is 0.235. The van der Waals surface area contributed by atoms with Crippen LogP contribution >= 0.6 is 7.60 Å². The summed E-state index contributed by atoms with van der Waals surface area (Å²) >= 11 is 0. The van der Waals surface area contributed by atoms with Crippen LogP contribution < -0.4 is 10.6 Å². The lowest BCUT2D eigenvalue weighted by atomic mass is 9.96. The zero-order valence-corrected chi connectivity index (χ0v) is 16.3. The molecule has 1 rings (SSSR count). The summed E-state index contributed by atoms with van der Waals surface area (Å²) < 4.78 is 27.2. The first-order chi connectivity index (χ1) is 12.4. The molecule has 1 aliphatic heterocycles. The molecule has 1 fully saturated rings. The van der Waals surface area contributed by atoms with Gasteiger partial charge in [0.2, 0.25) is 11.8 Å². The predicted octanol–water partition coefficient (Wildman–Crippen LogP) is -2.37. The first kappa shape index (κ1) is 23.9. The Labute approximate surface area is 156 Å². The Balaban J connectivity index is 2.96. The van der Waals surface area contributed by atoms with Gasteiger partial charge in [-0.25, -0.2) is 0 Å². The second-order valence-corrected chi connectivity index (χ2v) is 8.15. The number of carbonyl (C=O) groups excluding carboxylic acids is 2. The van der Waals surface area contributed by atoms with Crippen LogP contribution in [0.1, 0.15) is 20.8 Å². The Kier molecular flexibility index (Phi) is 8.77. The summed E-state index contributed by atoms with van der Waals surface area (Å²) in [7, 11) is -3.24. The maximum atomic E-state index is 12.2. The van der Waals surface area contributed by atoms with E-state index in [0.29, 0.717) is 0 Å². The summed E-state index contributed by atoms with van der Waals surface area (Å²) in [5, 5.41) is 24.4. The Morgan fingerprint density at radius 3 is 2.33 bits per heavy atom. The topological polar surface area (TPSA) is 184 Å². The van der Waals surface area contributed by atoms with E-state index >= 15 is 0 Å². The third-order valence-corrected chi connectivity index (χ3v) is 5.18. The lowest BCUT2D eigenvalue weighted by molar-refractivity contribution is -0.273. The highest BCUT2D eigenvalue weighted by molar-refractivity contribution is 7.52. The maximum absolute atomic E-state index is 12.2. The van der Waals surface area contributed by atoms with Gasteiger partial charge >= 0.3 is 7.60 Å². The highest BCUT2D eigenvalue weighted by atomic mass is 31.2. The number of nitrogens with one attached hydrogen (secondary N) is 2. The molecule has 0 bridgehead atoms. The van der Waals surface area contributed by atoms with Crippen LogP contribution in [0.5, 0.6) is 0 Å². The molecule has 13 heteroatoms. The fourth-order valence-electron chi connectivity index (χ4n) is 2.52. The van der Waals surface area contributed by atoms with Gasteiger partial charge in [0, 0.05) is 14.0 Å². The first-order valence-electron chi connectivity index (χ1n) is 8.17. The van der Waals surface area contributed by atoms with Crippen LogP contribution in [0.4, 0.5) is 0 Å². The third kappa shape index (κ3) is 6.47. The van der Waals surface area contributed by atoms with Crippen LogP contribution in [-0.2, 0) is 28.4 Å². The number of aliphatic hydroxyl groups is 2. The van der Waals surface area contributed by atoms with Gasteiger partial charge in [0.05, 0.1) is 6.61 Å². The van der Waals surface area contributed by atoms with Gasteiger partial charge in [-0.15, -0.1) is 0 Å². The smallest absolute Gasteiger partial charge is 0.347 e. The summed E-state index contributed by atoms with van der Waals surface area (Å²) in [5.74, 6) is -2.74. The molecule has 0 aromatic heterocycles. The van der Waals surface area contributed by atoms with E-state index < -0.39 is 68.5 Å². The molecule has 0 radical (unpaired) electrons. The molecule has 0 unspecified atom stereocenters. The zero-order valence-electron chi connectivity index (χ0n) is 15.4. The van der Waals surface area contributed by atoms with Crippen molar-refractivity contribution in [2.24, 2.45) is 0 Å². The average Bonchev–Trinajstić information content (AvgIpc) is 2.56. The monoisotopic (exact) mass is 414 g/mol. The van der Waals surface area contributed by atoms with Gasteiger partial charge in [-0.2, -0.15) is 0 Å².